The standard InChI is InChI=1S/C18H25N5O4S/c1-2-11(24)27-14-13(25)10(7-28)26-18(14)23-16(9-5-3-4-6-9)22-12-15(19)20-8-21-17(12)23/h8-10,13-14,18,25,28H,2-7H2,1H3,(H2,19,20,21)/t10-,13-,14-,18-/m1/s1. The van der Waals surface area contributed by atoms with E-state index in [1.165, 1.54) is 6.33 Å². The number of nitrogens with zero attached hydrogens (tertiary/aromatic N) is 4. The molecule has 1 saturated heterocycles. The molecule has 1 aliphatic heterocycles. The molecule has 9 nitrogen and oxygen atoms in total. The maximum absolute atomic E-state index is 12.0. The van der Waals surface area contributed by atoms with Crippen LogP contribution in [0.4, 0.5) is 5.82 Å². The van der Waals surface area contributed by atoms with Crippen LogP contribution in [0.15, 0.2) is 6.33 Å². The van der Waals surface area contributed by atoms with Gasteiger partial charge < -0.3 is 20.3 Å². The Bertz CT molecular complexity index is 869. The summed E-state index contributed by atoms with van der Waals surface area (Å²) in [6, 6.07) is 0. The van der Waals surface area contributed by atoms with Gasteiger partial charge in [-0.15, -0.1) is 0 Å². The summed E-state index contributed by atoms with van der Waals surface area (Å²) in [5, 5.41) is 10.7. The molecule has 1 aliphatic carbocycles. The van der Waals surface area contributed by atoms with Crippen LogP contribution in [0.5, 0.6) is 0 Å². The lowest BCUT2D eigenvalue weighted by Gasteiger charge is -2.24. The molecule has 152 valence electrons. The number of ether oxygens (including phenoxy) is 2. The number of nitrogens with two attached hydrogens (primary N) is 1. The highest BCUT2D eigenvalue weighted by Gasteiger charge is 2.48. The minimum atomic E-state index is -0.994. The van der Waals surface area contributed by atoms with Gasteiger partial charge in [0.2, 0.25) is 0 Å². The highest BCUT2D eigenvalue weighted by molar-refractivity contribution is 7.80. The lowest BCUT2D eigenvalue weighted by Crippen LogP contribution is -2.36. The Morgan fingerprint density at radius 2 is 2.18 bits per heavy atom. The number of hydrogen-bond donors (Lipinski definition) is 3. The summed E-state index contributed by atoms with van der Waals surface area (Å²) in [7, 11) is 0. The van der Waals surface area contributed by atoms with Crippen LogP contribution >= 0.6 is 12.6 Å². The first-order chi connectivity index (χ1) is 13.5. The number of carbonyl (C=O) groups excluding carboxylic acids is 1. The molecule has 0 bridgehead atoms. The van der Waals surface area contributed by atoms with Crippen molar-refractivity contribution < 1.29 is 19.4 Å². The van der Waals surface area contributed by atoms with Gasteiger partial charge in [0.25, 0.3) is 0 Å². The van der Waals surface area contributed by atoms with Gasteiger partial charge in [-0.3, -0.25) is 9.36 Å². The predicted molar refractivity (Wildman–Crippen MR) is 105 cm³/mol. The van der Waals surface area contributed by atoms with Crippen LogP contribution in [0.25, 0.3) is 11.2 Å². The molecule has 0 amide bonds. The third-order valence-corrected chi connectivity index (χ3v) is 5.92. The van der Waals surface area contributed by atoms with Gasteiger partial charge in [-0.2, -0.15) is 12.6 Å². The molecule has 3 heterocycles. The van der Waals surface area contributed by atoms with E-state index < -0.39 is 30.5 Å². The van der Waals surface area contributed by atoms with Gasteiger partial charge in [0.1, 0.15) is 18.3 Å². The summed E-state index contributed by atoms with van der Waals surface area (Å²) in [6.07, 6.45) is 2.63. The zero-order chi connectivity index (χ0) is 19.8. The van der Waals surface area contributed by atoms with Crippen molar-refractivity contribution in [1.29, 1.82) is 0 Å². The zero-order valence-electron chi connectivity index (χ0n) is 15.7. The average Bonchev–Trinajstić information content (AvgIpc) is 3.40. The number of thiol groups is 1. The number of aromatic nitrogens is 4. The molecule has 0 radical (unpaired) electrons. The van der Waals surface area contributed by atoms with Crippen molar-refractivity contribution in [3.63, 3.8) is 0 Å². The third kappa shape index (κ3) is 3.23. The van der Waals surface area contributed by atoms with E-state index in [0.29, 0.717) is 16.9 Å². The van der Waals surface area contributed by atoms with Crippen LogP contribution < -0.4 is 5.73 Å². The second-order valence-electron chi connectivity index (χ2n) is 7.30. The molecule has 28 heavy (non-hydrogen) atoms. The Morgan fingerprint density at radius 1 is 1.43 bits per heavy atom. The highest BCUT2D eigenvalue weighted by atomic mass is 32.1. The van der Waals surface area contributed by atoms with Crippen LogP contribution in [0.3, 0.4) is 0 Å². The van der Waals surface area contributed by atoms with E-state index in [4.69, 9.17) is 20.2 Å². The molecular formula is C18H25N5O4S. The van der Waals surface area contributed by atoms with Gasteiger partial charge in [0.05, 0.1) is 6.10 Å². The van der Waals surface area contributed by atoms with E-state index in [2.05, 4.69) is 22.6 Å². The maximum atomic E-state index is 12.0. The Hall–Kier alpha value is -1.91. The first-order valence-electron chi connectivity index (χ1n) is 9.67. The van der Waals surface area contributed by atoms with Crippen LogP contribution in [0, 0.1) is 0 Å². The number of nitrogen functional groups attached to an aromatic ring is 1. The molecule has 0 unspecified atom stereocenters. The predicted octanol–water partition coefficient (Wildman–Crippen LogP) is 1.58. The molecule has 0 aromatic carbocycles. The normalized spacial score (nSPS) is 28.2. The minimum Gasteiger partial charge on any atom is -0.455 e. The smallest absolute Gasteiger partial charge is 0.306 e. The monoisotopic (exact) mass is 407 g/mol. The Labute approximate surface area is 168 Å². The molecule has 4 rings (SSSR count). The lowest BCUT2D eigenvalue weighted by atomic mass is 10.1. The van der Waals surface area contributed by atoms with Gasteiger partial charge in [0, 0.05) is 18.1 Å². The number of hydrogen-bond acceptors (Lipinski definition) is 9. The molecule has 0 spiro atoms. The van der Waals surface area contributed by atoms with E-state index in [9.17, 15) is 9.90 Å². The summed E-state index contributed by atoms with van der Waals surface area (Å²) < 4.78 is 13.5. The first kappa shape index (κ1) is 19.4. The van der Waals surface area contributed by atoms with Gasteiger partial charge in [-0.25, -0.2) is 15.0 Å². The van der Waals surface area contributed by atoms with Crippen molar-refractivity contribution in [2.75, 3.05) is 11.5 Å². The number of rotatable bonds is 5. The van der Waals surface area contributed by atoms with Gasteiger partial charge in [-0.05, 0) is 12.8 Å². The molecule has 2 aromatic heterocycles. The number of fused-ring (bicyclic) bond motifs is 1. The van der Waals surface area contributed by atoms with Crippen molar-refractivity contribution in [1.82, 2.24) is 19.5 Å². The zero-order valence-corrected chi connectivity index (χ0v) is 16.6. The van der Waals surface area contributed by atoms with Crippen molar-refractivity contribution in [3.05, 3.63) is 12.2 Å². The molecule has 2 aliphatic rings. The van der Waals surface area contributed by atoms with Crippen LogP contribution in [-0.4, -0.2) is 54.7 Å². The molecule has 3 N–H and O–H groups in total. The molecule has 1 saturated carbocycles. The summed E-state index contributed by atoms with van der Waals surface area (Å²) in [5.41, 5.74) is 7.05. The maximum Gasteiger partial charge on any atom is 0.306 e. The minimum absolute atomic E-state index is 0.205. The molecule has 10 heteroatoms. The topological polar surface area (TPSA) is 125 Å². The summed E-state index contributed by atoms with van der Waals surface area (Å²) in [6.45, 7) is 1.71. The molecule has 4 atom stereocenters. The van der Waals surface area contributed by atoms with E-state index in [1.807, 2.05) is 4.57 Å². The fraction of sp³-hybridized carbons (Fsp3) is 0.667. The number of aliphatic hydroxyl groups is 1. The van der Waals surface area contributed by atoms with Crippen molar-refractivity contribution in [2.24, 2.45) is 0 Å². The number of anilines is 1. The largest absolute Gasteiger partial charge is 0.455 e. The fourth-order valence-corrected chi connectivity index (χ4v) is 4.41. The van der Waals surface area contributed by atoms with Crippen LogP contribution in [-0.2, 0) is 14.3 Å². The van der Waals surface area contributed by atoms with E-state index >= 15 is 0 Å². The second-order valence-corrected chi connectivity index (χ2v) is 7.66. The highest BCUT2D eigenvalue weighted by Crippen LogP contribution is 2.41. The summed E-state index contributed by atoms with van der Waals surface area (Å²) in [5.74, 6) is 1.19. The van der Waals surface area contributed by atoms with Gasteiger partial charge >= 0.3 is 5.97 Å². The average molecular weight is 407 g/mol. The quantitative estimate of drug-likeness (QED) is 0.504. The van der Waals surface area contributed by atoms with Crippen molar-refractivity contribution >= 4 is 35.6 Å². The number of carbonyl (C=O) groups is 1. The Morgan fingerprint density at radius 3 is 2.86 bits per heavy atom. The molecule has 2 fully saturated rings. The number of esters is 1. The fourth-order valence-electron chi connectivity index (χ4n) is 4.11. The third-order valence-electron chi connectivity index (χ3n) is 5.56. The van der Waals surface area contributed by atoms with Gasteiger partial charge in [-0.1, -0.05) is 19.8 Å². The second kappa shape index (κ2) is 7.84. The number of imidazole rings is 1. The van der Waals surface area contributed by atoms with E-state index in [0.717, 1.165) is 31.5 Å². The van der Waals surface area contributed by atoms with Gasteiger partial charge in [0.15, 0.2) is 29.3 Å². The Kier molecular flexibility index (Phi) is 5.44. The lowest BCUT2D eigenvalue weighted by molar-refractivity contribution is -0.158. The van der Waals surface area contributed by atoms with E-state index in [1.54, 1.807) is 6.92 Å². The Balaban J connectivity index is 1.84. The summed E-state index contributed by atoms with van der Waals surface area (Å²) in [4.78, 5) is 25.2. The first-order valence-corrected chi connectivity index (χ1v) is 10.3. The number of aliphatic hydroxyl groups excluding tert-OH is 1. The van der Waals surface area contributed by atoms with Crippen molar-refractivity contribution in [3.8, 4) is 0 Å². The summed E-state index contributed by atoms with van der Waals surface area (Å²) >= 11 is 4.27. The van der Waals surface area contributed by atoms with Crippen molar-refractivity contribution in [2.45, 2.75) is 69.5 Å². The SMILES string of the molecule is CCC(=O)O[C@@H]1[C@H](O)[C@@H](CS)O[C@H]1n1c(C2CCCC2)nc2c(N)ncnc21. The molecular weight excluding hydrogens is 382 g/mol. The molecule has 2 aromatic rings. The van der Waals surface area contributed by atoms with Crippen LogP contribution in [0.2, 0.25) is 0 Å². The van der Waals surface area contributed by atoms with E-state index in [-0.39, 0.29) is 18.2 Å². The van der Waals surface area contributed by atoms with Crippen LogP contribution in [0.1, 0.15) is 57.0 Å².